The number of benzene rings is 1. The monoisotopic (exact) mass is 385 g/mol. The minimum Gasteiger partial charge on any atom is -0.494 e. The van der Waals surface area contributed by atoms with E-state index < -0.39 is 0 Å². The highest BCUT2D eigenvalue weighted by Gasteiger charge is 2.41. The van der Waals surface area contributed by atoms with E-state index in [2.05, 4.69) is 16.3 Å². The van der Waals surface area contributed by atoms with E-state index in [-0.39, 0.29) is 18.1 Å². The van der Waals surface area contributed by atoms with Gasteiger partial charge in [0.15, 0.2) is 0 Å². The van der Waals surface area contributed by atoms with Gasteiger partial charge in [-0.05, 0) is 57.4 Å². The first kappa shape index (κ1) is 20.4. The predicted octanol–water partition coefficient (Wildman–Crippen LogP) is 1.92. The fourth-order valence-corrected chi connectivity index (χ4v) is 4.11. The van der Waals surface area contributed by atoms with Crippen LogP contribution in [0.5, 0.6) is 5.75 Å². The van der Waals surface area contributed by atoms with Crippen molar-refractivity contribution in [1.82, 2.24) is 15.1 Å². The van der Waals surface area contributed by atoms with Crippen LogP contribution in [-0.2, 0) is 0 Å². The van der Waals surface area contributed by atoms with Crippen LogP contribution < -0.4 is 15.8 Å². The maximum absolute atomic E-state index is 12.3. The van der Waals surface area contributed by atoms with Gasteiger partial charge in [0, 0.05) is 43.8 Å². The Kier molecular flexibility index (Phi) is 6.76. The van der Waals surface area contributed by atoms with Gasteiger partial charge in [-0.3, -0.25) is 4.90 Å². The topological polar surface area (TPSA) is 94.6 Å². The average Bonchev–Trinajstić information content (AvgIpc) is 2.89. The van der Waals surface area contributed by atoms with E-state index in [9.17, 15) is 4.79 Å². The van der Waals surface area contributed by atoms with Crippen molar-refractivity contribution in [3.05, 3.63) is 29.8 Å². The lowest BCUT2D eigenvalue weighted by Crippen LogP contribution is -2.59. The zero-order chi connectivity index (χ0) is 20.1. The summed E-state index contributed by atoms with van der Waals surface area (Å²) in [5, 5.41) is 11.8. The minimum atomic E-state index is 0.0394. The number of nitrogens with two attached hydrogens (primary N) is 1. The Morgan fingerprint density at radius 3 is 2.50 bits per heavy atom. The Balaban J connectivity index is 1.43. The van der Waals surface area contributed by atoms with Gasteiger partial charge in [0.2, 0.25) is 0 Å². The molecule has 3 unspecified atom stereocenters. The van der Waals surface area contributed by atoms with E-state index in [1.54, 1.807) is 12.1 Å². The van der Waals surface area contributed by atoms with Crippen molar-refractivity contribution in [3.63, 3.8) is 0 Å². The van der Waals surface area contributed by atoms with E-state index in [0.29, 0.717) is 24.3 Å². The van der Waals surface area contributed by atoms with Crippen LogP contribution in [0, 0.1) is 11.3 Å². The largest absolute Gasteiger partial charge is 0.494 e. The number of urea groups is 1. The molecule has 1 aromatic rings. The molecule has 0 radical (unpaired) electrons. The number of rotatable bonds is 7. The van der Waals surface area contributed by atoms with E-state index >= 15 is 0 Å². The molecular weight excluding hydrogens is 354 g/mol. The van der Waals surface area contributed by atoms with Gasteiger partial charge in [0.25, 0.3) is 0 Å². The van der Waals surface area contributed by atoms with Crippen molar-refractivity contribution in [2.24, 2.45) is 5.73 Å². The third kappa shape index (κ3) is 5.15. The molecule has 2 amide bonds. The first-order valence-corrected chi connectivity index (χ1v) is 10.2. The van der Waals surface area contributed by atoms with Gasteiger partial charge < -0.3 is 20.7 Å². The Morgan fingerprint density at radius 2 is 1.93 bits per heavy atom. The lowest BCUT2D eigenvalue weighted by Gasteiger charge is -2.42. The van der Waals surface area contributed by atoms with Crippen LogP contribution >= 0.6 is 0 Å². The number of amides is 2. The number of nitrogens with one attached hydrogen (secondary N) is 1. The first-order chi connectivity index (χ1) is 13.5. The molecule has 1 aromatic carbocycles. The molecule has 152 valence electrons. The van der Waals surface area contributed by atoms with E-state index in [0.717, 1.165) is 44.6 Å². The molecule has 0 spiro atoms. The number of hydrogen-bond donors (Lipinski definition) is 2. The number of hydrogen-bond acceptors (Lipinski definition) is 5. The van der Waals surface area contributed by atoms with Crippen LogP contribution in [0.1, 0.15) is 38.7 Å². The molecule has 2 bridgehead atoms. The summed E-state index contributed by atoms with van der Waals surface area (Å²) in [4.78, 5) is 16.8. The summed E-state index contributed by atoms with van der Waals surface area (Å²) in [7, 11) is 0. The van der Waals surface area contributed by atoms with E-state index in [1.807, 2.05) is 30.9 Å². The highest BCUT2D eigenvalue weighted by atomic mass is 16.5. The van der Waals surface area contributed by atoms with Crippen molar-refractivity contribution in [1.29, 1.82) is 5.26 Å². The summed E-state index contributed by atoms with van der Waals surface area (Å²) in [6.07, 6.45) is 3.03. The summed E-state index contributed by atoms with van der Waals surface area (Å²) in [6, 6.07) is 10.3. The van der Waals surface area contributed by atoms with Gasteiger partial charge in [-0.25, -0.2) is 4.79 Å². The number of carbonyl (C=O) groups is 1. The third-order valence-electron chi connectivity index (χ3n) is 5.52. The van der Waals surface area contributed by atoms with E-state index in [4.69, 9.17) is 15.7 Å². The van der Waals surface area contributed by atoms with Crippen LogP contribution in [0.4, 0.5) is 4.79 Å². The number of nitriles is 1. The molecule has 2 aliphatic rings. The van der Waals surface area contributed by atoms with Gasteiger partial charge in [-0.15, -0.1) is 0 Å². The first-order valence-electron chi connectivity index (χ1n) is 10.2. The smallest absolute Gasteiger partial charge is 0.317 e. The van der Waals surface area contributed by atoms with Gasteiger partial charge >= 0.3 is 6.03 Å². The molecule has 0 aliphatic carbocycles. The number of ether oxygens (including phenoxy) is 1. The number of carbonyl (C=O) groups excluding carboxylic acids is 1. The van der Waals surface area contributed by atoms with Crippen molar-refractivity contribution in [3.8, 4) is 11.8 Å². The highest BCUT2D eigenvalue weighted by Crippen LogP contribution is 2.30. The SMILES string of the molecule is CC(C)NC(=O)N1CC2CCC(C1)N2CC(N)CCOc1ccc(C#N)cc1. The van der Waals surface area contributed by atoms with Crippen molar-refractivity contribution < 1.29 is 9.53 Å². The van der Waals surface area contributed by atoms with Crippen LogP contribution in [0.25, 0.3) is 0 Å². The molecule has 2 aliphatic heterocycles. The lowest BCUT2D eigenvalue weighted by molar-refractivity contribution is 0.0753. The molecule has 28 heavy (non-hydrogen) atoms. The maximum Gasteiger partial charge on any atom is 0.317 e. The maximum atomic E-state index is 12.3. The molecule has 2 heterocycles. The van der Waals surface area contributed by atoms with Crippen LogP contribution in [-0.4, -0.2) is 66.2 Å². The number of likely N-dealkylation sites (tertiary alicyclic amines) is 1. The molecule has 2 fully saturated rings. The molecule has 0 saturated carbocycles. The second-order valence-corrected chi connectivity index (χ2v) is 8.12. The Bertz CT molecular complexity index is 686. The second-order valence-electron chi connectivity index (χ2n) is 8.12. The van der Waals surface area contributed by atoms with Crippen LogP contribution in [0.2, 0.25) is 0 Å². The van der Waals surface area contributed by atoms with Gasteiger partial charge in [0.05, 0.1) is 18.2 Å². The van der Waals surface area contributed by atoms with Crippen LogP contribution in [0.15, 0.2) is 24.3 Å². The van der Waals surface area contributed by atoms with Crippen molar-refractivity contribution in [2.45, 2.75) is 57.3 Å². The molecule has 3 rings (SSSR count). The molecule has 3 N–H and O–H groups in total. The van der Waals surface area contributed by atoms with Crippen LogP contribution in [0.3, 0.4) is 0 Å². The number of fused-ring (bicyclic) bond motifs is 2. The van der Waals surface area contributed by atoms with Gasteiger partial charge in [-0.1, -0.05) is 0 Å². The minimum absolute atomic E-state index is 0.0394. The molecule has 7 heteroatoms. The molecule has 2 saturated heterocycles. The Hall–Kier alpha value is -2.30. The lowest BCUT2D eigenvalue weighted by atomic mass is 10.1. The zero-order valence-electron chi connectivity index (χ0n) is 16.8. The van der Waals surface area contributed by atoms with E-state index in [1.165, 1.54) is 0 Å². The Labute approximate surface area is 167 Å². The summed E-state index contributed by atoms with van der Waals surface area (Å²) in [5.74, 6) is 0.760. The van der Waals surface area contributed by atoms with Gasteiger partial charge in [0.1, 0.15) is 5.75 Å². The number of nitrogens with zero attached hydrogens (tertiary/aromatic N) is 3. The standard InChI is InChI=1S/C21H31N5O2/c1-15(2)24-21(27)25-13-18-5-6-19(14-25)26(18)12-17(23)9-10-28-20-7-3-16(11-22)4-8-20/h3-4,7-8,15,17-19H,5-6,9-10,12-14,23H2,1-2H3,(H,24,27). The quantitative estimate of drug-likeness (QED) is 0.748. The summed E-state index contributed by atoms with van der Waals surface area (Å²) in [5.41, 5.74) is 6.99. The van der Waals surface area contributed by atoms with Crippen molar-refractivity contribution >= 4 is 6.03 Å². The number of piperazine rings is 1. The Morgan fingerprint density at radius 1 is 1.29 bits per heavy atom. The fraction of sp³-hybridized carbons (Fsp3) is 0.619. The molecule has 3 atom stereocenters. The van der Waals surface area contributed by atoms with Gasteiger partial charge in [-0.2, -0.15) is 5.26 Å². The summed E-state index contributed by atoms with van der Waals surface area (Å²) < 4.78 is 5.75. The summed E-state index contributed by atoms with van der Waals surface area (Å²) >= 11 is 0. The predicted molar refractivity (Wildman–Crippen MR) is 108 cm³/mol. The normalized spacial score (nSPS) is 22.8. The highest BCUT2D eigenvalue weighted by molar-refractivity contribution is 5.74. The van der Waals surface area contributed by atoms with Crippen molar-refractivity contribution in [2.75, 3.05) is 26.2 Å². The zero-order valence-corrected chi connectivity index (χ0v) is 16.8. The molecule has 0 aromatic heterocycles. The third-order valence-corrected chi connectivity index (χ3v) is 5.52. The fourth-order valence-electron chi connectivity index (χ4n) is 4.11. The summed E-state index contributed by atoms with van der Waals surface area (Å²) in [6.45, 7) is 6.93. The molecule has 7 nitrogen and oxygen atoms in total. The average molecular weight is 386 g/mol. The molecular formula is C21H31N5O2. The second kappa shape index (κ2) is 9.26.